The molecule has 7 nitrogen and oxygen atoms in total. The molecule has 1 saturated heterocycles. The van der Waals surface area contributed by atoms with E-state index in [4.69, 9.17) is 4.98 Å². The fraction of sp³-hybridized carbons (Fsp3) is 0.722. The average Bonchev–Trinajstić information content (AvgIpc) is 2.97. The van der Waals surface area contributed by atoms with E-state index in [0.29, 0.717) is 17.2 Å². The number of likely N-dealkylation sites (tertiary alicyclic amines) is 1. The van der Waals surface area contributed by atoms with Crippen LogP contribution in [0.2, 0.25) is 0 Å². The lowest BCUT2D eigenvalue weighted by Crippen LogP contribution is -2.39. The summed E-state index contributed by atoms with van der Waals surface area (Å²) in [6.45, 7) is 6.88. The first-order valence-corrected chi connectivity index (χ1v) is 9.38. The predicted molar refractivity (Wildman–Crippen MR) is 98.8 cm³/mol. The van der Waals surface area contributed by atoms with Crippen molar-refractivity contribution in [3.8, 4) is 0 Å². The fourth-order valence-corrected chi connectivity index (χ4v) is 3.99. The highest BCUT2D eigenvalue weighted by Crippen LogP contribution is 2.22. The van der Waals surface area contributed by atoms with Crippen molar-refractivity contribution >= 4 is 11.2 Å². The molecule has 0 radical (unpaired) electrons. The molecular formula is C18H29N5O2. The van der Waals surface area contributed by atoms with E-state index in [0.717, 1.165) is 38.3 Å². The van der Waals surface area contributed by atoms with Gasteiger partial charge in [-0.1, -0.05) is 20.3 Å². The van der Waals surface area contributed by atoms with E-state index in [1.165, 1.54) is 35.4 Å². The van der Waals surface area contributed by atoms with Gasteiger partial charge in [-0.15, -0.1) is 0 Å². The Bertz CT molecular complexity index is 876. The molecule has 138 valence electrons. The molecule has 1 aliphatic rings. The molecular weight excluding hydrogens is 318 g/mol. The molecule has 0 amide bonds. The van der Waals surface area contributed by atoms with Crippen molar-refractivity contribution in [3.05, 3.63) is 26.7 Å². The Labute approximate surface area is 147 Å². The summed E-state index contributed by atoms with van der Waals surface area (Å²) >= 11 is 0. The Hall–Kier alpha value is -1.89. The molecule has 0 aromatic carbocycles. The van der Waals surface area contributed by atoms with Gasteiger partial charge in [-0.05, 0) is 32.2 Å². The molecule has 3 heterocycles. The van der Waals surface area contributed by atoms with Crippen LogP contribution in [0.15, 0.2) is 9.59 Å². The number of nitrogens with zero attached hydrogens (tertiary/aromatic N) is 5. The monoisotopic (exact) mass is 347 g/mol. The van der Waals surface area contributed by atoms with Gasteiger partial charge >= 0.3 is 5.69 Å². The van der Waals surface area contributed by atoms with Gasteiger partial charge in [0, 0.05) is 26.7 Å². The summed E-state index contributed by atoms with van der Waals surface area (Å²) in [6.07, 6.45) is 5.78. The van der Waals surface area contributed by atoms with Crippen molar-refractivity contribution in [1.29, 1.82) is 0 Å². The van der Waals surface area contributed by atoms with Crippen LogP contribution >= 0.6 is 0 Å². The third-order valence-corrected chi connectivity index (χ3v) is 5.44. The minimum Gasteiger partial charge on any atom is -0.321 e. The van der Waals surface area contributed by atoms with Gasteiger partial charge in [0.25, 0.3) is 5.56 Å². The quantitative estimate of drug-likeness (QED) is 0.824. The number of aromatic nitrogens is 4. The van der Waals surface area contributed by atoms with Gasteiger partial charge < -0.3 is 4.57 Å². The van der Waals surface area contributed by atoms with E-state index >= 15 is 0 Å². The topological polar surface area (TPSA) is 65.1 Å². The zero-order chi connectivity index (χ0) is 18.1. The summed E-state index contributed by atoms with van der Waals surface area (Å²) in [4.78, 5) is 32.1. The van der Waals surface area contributed by atoms with Crippen LogP contribution in [0.5, 0.6) is 0 Å². The van der Waals surface area contributed by atoms with E-state index in [1.807, 2.05) is 4.57 Å². The summed E-state index contributed by atoms with van der Waals surface area (Å²) in [7, 11) is 3.22. The summed E-state index contributed by atoms with van der Waals surface area (Å²) in [5.74, 6) is 0.899. The van der Waals surface area contributed by atoms with Crippen LogP contribution in [-0.4, -0.2) is 36.2 Å². The molecule has 0 spiro atoms. The van der Waals surface area contributed by atoms with Gasteiger partial charge in [-0.25, -0.2) is 9.78 Å². The van der Waals surface area contributed by atoms with Crippen molar-refractivity contribution in [3.63, 3.8) is 0 Å². The van der Waals surface area contributed by atoms with Crippen molar-refractivity contribution in [2.24, 2.45) is 14.1 Å². The SMILES string of the molecule is CCCn1c(CN2CCCC[C@@H]2CC)nc2c1c(=O)n(C)c(=O)n2C. The fourth-order valence-electron chi connectivity index (χ4n) is 3.99. The van der Waals surface area contributed by atoms with Crippen molar-refractivity contribution in [2.45, 2.75) is 65.1 Å². The molecule has 0 saturated carbocycles. The minimum atomic E-state index is -0.324. The first kappa shape index (κ1) is 17.9. The zero-order valence-corrected chi connectivity index (χ0v) is 15.8. The summed E-state index contributed by atoms with van der Waals surface area (Å²) < 4.78 is 4.69. The summed E-state index contributed by atoms with van der Waals surface area (Å²) in [5, 5.41) is 0. The first-order chi connectivity index (χ1) is 12.0. The van der Waals surface area contributed by atoms with Crippen LogP contribution in [-0.2, 0) is 27.2 Å². The van der Waals surface area contributed by atoms with Crippen LogP contribution in [0.1, 0.15) is 51.8 Å². The number of hydrogen-bond donors (Lipinski definition) is 0. The smallest absolute Gasteiger partial charge is 0.321 e. The lowest BCUT2D eigenvalue weighted by molar-refractivity contribution is 0.131. The summed E-state index contributed by atoms with van der Waals surface area (Å²) in [6, 6.07) is 0.579. The van der Waals surface area contributed by atoms with Gasteiger partial charge in [-0.2, -0.15) is 0 Å². The molecule has 0 unspecified atom stereocenters. The molecule has 25 heavy (non-hydrogen) atoms. The molecule has 2 aromatic rings. The highest BCUT2D eigenvalue weighted by atomic mass is 16.2. The number of fused-ring (bicyclic) bond motifs is 1. The van der Waals surface area contributed by atoms with Crippen LogP contribution in [0, 0.1) is 0 Å². The standard InChI is InChI=1S/C18H29N5O2/c1-5-10-23-14(12-22-11-8-7-9-13(22)6-2)19-16-15(23)17(24)21(4)18(25)20(16)3/h13H,5-12H2,1-4H3/t13-/m0/s1. The average molecular weight is 347 g/mol. The molecule has 0 N–H and O–H groups in total. The van der Waals surface area contributed by atoms with Crippen LogP contribution in [0.25, 0.3) is 11.2 Å². The van der Waals surface area contributed by atoms with Crippen LogP contribution in [0.3, 0.4) is 0 Å². The lowest BCUT2D eigenvalue weighted by atomic mass is 10.0. The number of piperidine rings is 1. The van der Waals surface area contributed by atoms with Gasteiger partial charge in [0.2, 0.25) is 0 Å². The maximum Gasteiger partial charge on any atom is 0.332 e. The second-order valence-corrected chi connectivity index (χ2v) is 7.09. The Morgan fingerprint density at radius 3 is 2.56 bits per heavy atom. The predicted octanol–water partition coefficient (Wildman–Crippen LogP) is 1.61. The molecule has 2 aromatic heterocycles. The maximum absolute atomic E-state index is 12.7. The minimum absolute atomic E-state index is 0.254. The molecule has 3 rings (SSSR count). The second kappa shape index (κ2) is 7.15. The largest absolute Gasteiger partial charge is 0.332 e. The number of aryl methyl sites for hydroxylation is 2. The number of rotatable bonds is 5. The highest BCUT2D eigenvalue weighted by molar-refractivity contribution is 5.71. The van der Waals surface area contributed by atoms with E-state index in [-0.39, 0.29) is 11.2 Å². The van der Waals surface area contributed by atoms with Gasteiger partial charge in [0.15, 0.2) is 11.2 Å². The Kier molecular flexibility index (Phi) is 5.13. The zero-order valence-electron chi connectivity index (χ0n) is 15.8. The normalized spacial score (nSPS) is 19.0. The van der Waals surface area contributed by atoms with E-state index in [2.05, 4.69) is 18.7 Å². The van der Waals surface area contributed by atoms with Crippen molar-refractivity contribution < 1.29 is 0 Å². The molecule has 1 atom stereocenters. The second-order valence-electron chi connectivity index (χ2n) is 7.09. The molecule has 0 bridgehead atoms. The van der Waals surface area contributed by atoms with Crippen LogP contribution in [0.4, 0.5) is 0 Å². The molecule has 7 heteroatoms. The number of imidazole rings is 1. The number of hydrogen-bond acceptors (Lipinski definition) is 4. The van der Waals surface area contributed by atoms with E-state index < -0.39 is 0 Å². The summed E-state index contributed by atoms with van der Waals surface area (Å²) in [5.41, 5.74) is 0.471. The van der Waals surface area contributed by atoms with E-state index in [9.17, 15) is 9.59 Å². The van der Waals surface area contributed by atoms with Crippen LogP contribution < -0.4 is 11.2 Å². The van der Waals surface area contributed by atoms with Crippen molar-refractivity contribution in [1.82, 2.24) is 23.6 Å². The van der Waals surface area contributed by atoms with Gasteiger partial charge in [0.1, 0.15) is 5.82 Å². The Morgan fingerprint density at radius 2 is 1.88 bits per heavy atom. The molecule has 1 fully saturated rings. The molecule has 0 aliphatic carbocycles. The van der Waals surface area contributed by atoms with Gasteiger partial charge in [0.05, 0.1) is 6.54 Å². The third kappa shape index (κ3) is 3.05. The van der Waals surface area contributed by atoms with Gasteiger partial charge in [-0.3, -0.25) is 18.8 Å². The molecule has 1 aliphatic heterocycles. The van der Waals surface area contributed by atoms with Crippen molar-refractivity contribution in [2.75, 3.05) is 6.54 Å². The van der Waals surface area contributed by atoms with E-state index in [1.54, 1.807) is 7.05 Å². The lowest BCUT2D eigenvalue weighted by Gasteiger charge is -2.34. The Balaban J connectivity index is 2.13. The highest BCUT2D eigenvalue weighted by Gasteiger charge is 2.25. The Morgan fingerprint density at radius 1 is 1.12 bits per heavy atom. The third-order valence-electron chi connectivity index (χ3n) is 5.44. The maximum atomic E-state index is 12.7. The first-order valence-electron chi connectivity index (χ1n) is 9.38.